The highest BCUT2D eigenvalue weighted by Crippen LogP contribution is 2.33. The number of rotatable bonds is 5. The van der Waals surface area contributed by atoms with Gasteiger partial charge < -0.3 is 15.2 Å². The van der Waals surface area contributed by atoms with Gasteiger partial charge in [0.05, 0.1) is 18.8 Å². The smallest absolute Gasteiger partial charge is 0.0843 e. The van der Waals surface area contributed by atoms with Crippen LogP contribution in [0.15, 0.2) is 24.3 Å². The summed E-state index contributed by atoms with van der Waals surface area (Å²) in [5, 5.41) is 0. The quantitative estimate of drug-likeness (QED) is 0.903. The van der Waals surface area contributed by atoms with E-state index in [0.717, 1.165) is 19.4 Å². The molecule has 2 N–H and O–H groups in total. The lowest BCUT2D eigenvalue weighted by Crippen LogP contribution is -2.46. The second-order valence-corrected chi connectivity index (χ2v) is 6.95. The third-order valence-corrected chi connectivity index (χ3v) is 4.17. The molecule has 1 heterocycles. The molecule has 3 nitrogen and oxygen atoms in total. The lowest BCUT2D eigenvalue weighted by molar-refractivity contribution is -0.0465. The Hall–Kier alpha value is -0.900. The molecule has 0 aromatic heterocycles. The predicted octanol–water partition coefficient (Wildman–Crippen LogP) is 3.47. The van der Waals surface area contributed by atoms with E-state index in [0.29, 0.717) is 6.61 Å². The Kier molecular flexibility index (Phi) is 5.42. The lowest BCUT2D eigenvalue weighted by atomic mass is 9.81. The Balaban J connectivity index is 2.10. The first-order chi connectivity index (χ1) is 9.93. The minimum Gasteiger partial charge on any atom is -0.376 e. The highest BCUT2D eigenvalue weighted by molar-refractivity contribution is 5.31. The molecule has 0 saturated carbocycles. The van der Waals surface area contributed by atoms with Crippen LogP contribution < -0.4 is 5.73 Å². The topological polar surface area (TPSA) is 44.5 Å². The second-order valence-electron chi connectivity index (χ2n) is 6.95. The molecule has 118 valence electrons. The molecule has 3 atom stereocenters. The molecule has 0 fully saturated rings. The SMILES string of the molecule is CCOC(C(N)CC1OCCc2ccccc21)C(C)(C)C. The van der Waals surface area contributed by atoms with Crippen LogP contribution in [0.4, 0.5) is 0 Å². The van der Waals surface area contributed by atoms with Crippen molar-refractivity contribution >= 4 is 0 Å². The number of fused-ring (bicyclic) bond motifs is 1. The summed E-state index contributed by atoms with van der Waals surface area (Å²) >= 11 is 0. The molecule has 1 aromatic rings. The Morgan fingerprint density at radius 3 is 2.71 bits per heavy atom. The van der Waals surface area contributed by atoms with Gasteiger partial charge in [-0.15, -0.1) is 0 Å². The first-order valence-corrected chi connectivity index (χ1v) is 8.00. The summed E-state index contributed by atoms with van der Waals surface area (Å²) in [6, 6.07) is 8.51. The Morgan fingerprint density at radius 1 is 1.33 bits per heavy atom. The number of ether oxygens (including phenoxy) is 2. The largest absolute Gasteiger partial charge is 0.376 e. The molecule has 21 heavy (non-hydrogen) atoms. The van der Waals surface area contributed by atoms with Crippen LogP contribution in [0.1, 0.15) is 51.3 Å². The first-order valence-electron chi connectivity index (χ1n) is 8.00. The number of nitrogens with two attached hydrogens (primary N) is 1. The van der Waals surface area contributed by atoms with Crippen molar-refractivity contribution in [1.82, 2.24) is 0 Å². The van der Waals surface area contributed by atoms with Crippen LogP contribution >= 0.6 is 0 Å². The minimum absolute atomic E-state index is 0.0268. The zero-order chi connectivity index (χ0) is 15.5. The molecule has 3 heteroatoms. The molecule has 0 amide bonds. The van der Waals surface area contributed by atoms with Crippen LogP contribution in [0.5, 0.6) is 0 Å². The van der Waals surface area contributed by atoms with Crippen molar-refractivity contribution in [3.05, 3.63) is 35.4 Å². The van der Waals surface area contributed by atoms with Crippen LogP contribution in [0.25, 0.3) is 0 Å². The standard InChI is InChI=1S/C18H29NO2/c1-5-20-17(18(2,3)4)15(19)12-16-14-9-7-6-8-13(14)10-11-21-16/h6-9,15-17H,5,10-12,19H2,1-4H3. The van der Waals surface area contributed by atoms with Gasteiger partial charge in [-0.25, -0.2) is 0 Å². The van der Waals surface area contributed by atoms with Crippen molar-refractivity contribution in [2.45, 2.75) is 58.8 Å². The van der Waals surface area contributed by atoms with Gasteiger partial charge in [-0.3, -0.25) is 0 Å². The van der Waals surface area contributed by atoms with Crippen molar-refractivity contribution in [2.24, 2.45) is 11.1 Å². The van der Waals surface area contributed by atoms with E-state index in [-0.39, 0.29) is 23.7 Å². The van der Waals surface area contributed by atoms with Crippen LogP contribution in [0.3, 0.4) is 0 Å². The molecule has 1 aromatic carbocycles. The molecule has 0 saturated heterocycles. The monoisotopic (exact) mass is 291 g/mol. The van der Waals surface area contributed by atoms with Gasteiger partial charge in [0.2, 0.25) is 0 Å². The van der Waals surface area contributed by atoms with Gasteiger partial charge >= 0.3 is 0 Å². The normalized spacial score (nSPS) is 21.7. The van der Waals surface area contributed by atoms with E-state index in [2.05, 4.69) is 45.0 Å². The molecular weight excluding hydrogens is 262 g/mol. The van der Waals surface area contributed by atoms with E-state index in [9.17, 15) is 0 Å². The van der Waals surface area contributed by atoms with Gasteiger partial charge in [-0.2, -0.15) is 0 Å². The molecule has 0 aliphatic carbocycles. The van der Waals surface area contributed by atoms with Gasteiger partial charge in [0.25, 0.3) is 0 Å². The summed E-state index contributed by atoms with van der Waals surface area (Å²) in [6.45, 7) is 10.0. The number of hydrogen-bond acceptors (Lipinski definition) is 3. The van der Waals surface area contributed by atoms with Crippen molar-refractivity contribution in [3.63, 3.8) is 0 Å². The molecule has 2 rings (SSSR count). The van der Waals surface area contributed by atoms with E-state index >= 15 is 0 Å². The molecule has 0 bridgehead atoms. The maximum Gasteiger partial charge on any atom is 0.0843 e. The van der Waals surface area contributed by atoms with Gasteiger partial charge in [0, 0.05) is 12.6 Å². The summed E-state index contributed by atoms with van der Waals surface area (Å²) in [6.07, 6.45) is 1.94. The van der Waals surface area contributed by atoms with Gasteiger partial charge in [0.1, 0.15) is 0 Å². The van der Waals surface area contributed by atoms with Crippen LogP contribution in [-0.2, 0) is 15.9 Å². The zero-order valence-corrected chi connectivity index (χ0v) is 13.8. The van der Waals surface area contributed by atoms with Crippen LogP contribution in [0, 0.1) is 5.41 Å². The molecule has 0 radical (unpaired) electrons. The van der Waals surface area contributed by atoms with E-state index in [1.807, 2.05) is 6.92 Å². The highest BCUT2D eigenvalue weighted by atomic mass is 16.5. The summed E-state index contributed by atoms with van der Waals surface area (Å²) in [4.78, 5) is 0. The van der Waals surface area contributed by atoms with E-state index in [1.165, 1.54) is 11.1 Å². The van der Waals surface area contributed by atoms with Gasteiger partial charge in [0.15, 0.2) is 0 Å². The second kappa shape index (κ2) is 6.91. The molecule has 0 spiro atoms. The summed E-state index contributed by atoms with van der Waals surface area (Å²) < 4.78 is 11.9. The summed E-state index contributed by atoms with van der Waals surface area (Å²) in [7, 11) is 0. The summed E-state index contributed by atoms with van der Waals surface area (Å²) in [5.41, 5.74) is 9.19. The van der Waals surface area contributed by atoms with E-state index in [1.54, 1.807) is 0 Å². The van der Waals surface area contributed by atoms with Crippen molar-refractivity contribution in [3.8, 4) is 0 Å². The van der Waals surface area contributed by atoms with E-state index in [4.69, 9.17) is 15.2 Å². The number of benzene rings is 1. The van der Waals surface area contributed by atoms with Crippen molar-refractivity contribution in [2.75, 3.05) is 13.2 Å². The van der Waals surface area contributed by atoms with E-state index < -0.39 is 0 Å². The molecule has 1 aliphatic rings. The lowest BCUT2D eigenvalue weighted by Gasteiger charge is -2.37. The number of hydrogen-bond donors (Lipinski definition) is 1. The van der Waals surface area contributed by atoms with Gasteiger partial charge in [-0.1, -0.05) is 45.0 Å². The van der Waals surface area contributed by atoms with Gasteiger partial charge in [-0.05, 0) is 36.3 Å². The Morgan fingerprint density at radius 2 is 2.05 bits per heavy atom. The fourth-order valence-electron chi connectivity index (χ4n) is 3.24. The first kappa shape index (κ1) is 16.5. The highest BCUT2D eigenvalue weighted by Gasteiger charge is 2.33. The maximum atomic E-state index is 6.47. The maximum absolute atomic E-state index is 6.47. The van der Waals surface area contributed by atoms with Crippen LogP contribution in [-0.4, -0.2) is 25.4 Å². The molecular formula is C18H29NO2. The minimum atomic E-state index is -0.0268. The van der Waals surface area contributed by atoms with Crippen LogP contribution in [0.2, 0.25) is 0 Å². The third kappa shape index (κ3) is 4.06. The zero-order valence-electron chi connectivity index (χ0n) is 13.8. The third-order valence-electron chi connectivity index (χ3n) is 4.17. The summed E-state index contributed by atoms with van der Waals surface area (Å²) in [5.74, 6) is 0. The average molecular weight is 291 g/mol. The Labute approximate surface area is 128 Å². The molecule has 3 unspecified atom stereocenters. The van der Waals surface area contributed by atoms with Crippen molar-refractivity contribution in [1.29, 1.82) is 0 Å². The predicted molar refractivity (Wildman–Crippen MR) is 86.3 cm³/mol. The fourth-order valence-corrected chi connectivity index (χ4v) is 3.24. The fraction of sp³-hybridized carbons (Fsp3) is 0.667. The molecule has 1 aliphatic heterocycles. The Bertz CT molecular complexity index is 453. The average Bonchev–Trinajstić information content (AvgIpc) is 2.44. The van der Waals surface area contributed by atoms with Crippen molar-refractivity contribution < 1.29 is 9.47 Å².